The van der Waals surface area contributed by atoms with Gasteiger partial charge >= 0.3 is 0 Å². The van der Waals surface area contributed by atoms with Gasteiger partial charge in [-0.3, -0.25) is 4.79 Å². The molecule has 86 valence electrons. The van der Waals surface area contributed by atoms with Gasteiger partial charge in [0.2, 0.25) is 0 Å². The molecule has 16 heavy (non-hydrogen) atoms. The van der Waals surface area contributed by atoms with Crippen LogP contribution in [0.5, 0.6) is 0 Å². The third-order valence-corrected chi connectivity index (χ3v) is 4.28. The van der Waals surface area contributed by atoms with Crippen LogP contribution in [0.15, 0.2) is 28.7 Å². The molecule has 1 saturated carbocycles. The Labute approximate surface area is 105 Å². The van der Waals surface area contributed by atoms with Crippen LogP contribution in [0.25, 0.3) is 0 Å². The number of halogens is 1. The van der Waals surface area contributed by atoms with Crippen molar-refractivity contribution >= 4 is 21.7 Å². The highest BCUT2D eigenvalue weighted by atomic mass is 79.9. The maximum Gasteiger partial charge on any atom is 0.139 e. The molecule has 2 atom stereocenters. The quantitative estimate of drug-likeness (QED) is 0.801. The van der Waals surface area contributed by atoms with E-state index >= 15 is 0 Å². The van der Waals surface area contributed by atoms with E-state index in [1.807, 2.05) is 18.2 Å². The van der Waals surface area contributed by atoms with Crippen molar-refractivity contribution < 1.29 is 4.79 Å². The van der Waals surface area contributed by atoms with Crippen LogP contribution >= 0.6 is 15.9 Å². The zero-order valence-electron chi connectivity index (χ0n) is 9.58. The summed E-state index contributed by atoms with van der Waals surface area (Å²) in [5, 5.41) is 0. The van der Waals surface area contributed by atoms with E-state index in [4.69, 9.17) is 0 Å². The summed E-state index contributed by atoms with van der Waals surface area (Å²) in [5.41, 5.74) is 1.26. The fraction of sp³-hybridized carbons (Fsp3) is 0.500. The highest BCUT2D eigenvalue weighted by Gasteiger charge is 2.28. The van der Waals surface area contributed by atoms with Crippen LogP contribution in [-0.4, -0.2) is 5.78 Å². The van der Waals surface area contributed by atoms with Crippen LogP contribution in [0.1, 0.15) is 31.7 Å². The zero-order chi connectivity index (χ0) is 11.5. The van der Waals surface area contributed by atoms with Crippen LogP contribution in [0.2, 0.25) is 0 Å². The van der Waals surface area contributed by atoms with Crippen LogP contribution < -0.4 is 0 Å². The van der Waals surface area contributed by atoms with E-state index in [0.29, 0.717) is 5.78 Å². The molecule has 0 spiro atoms. The van der Waals surface area contributed by atoms with Gasteiger partial charge in [0.15, 0.2) is 0 Å². The molecule has 0 N–H and O–H groups in total. The topological polar surface area (TPSA) is 17.1 Å². The van der Waals surface area contributed by atoms with Gasteiger partial charge in [0.05, 0.1) is 0 Å². The minimum Gasteiger partial charge on any atom is -0.299 e. The van der Waals surface area contributed by atoms with Gasteiger partial charge in [0.1, 0.15) is 5.78 Å². The molecule has 2 rings (SSSR count). The first-order valence-electron chi connectivity index (χ1n) is 5.95. The highest BCUT2D eigenvalue weighted by Crippen LogP contribution is 2.29. The predicted octanol–water partition coefficient (Wildman–Crippen LogP) is 4.00. The maximum atomic E-state index is 12.0. The number of Topliss-reactive ketones (excluding diaryl/α,β-unsaturated/α-hetero) is 1. The summed E-state index contributed by atoms with van der Waals surface area (Å²) in [6, 6.07) is 8.21. The lowest BCUT2D eigenvalue weighted by atomic mass is 9.78. The minimum absolute atomic E-state index is 0.238. The van der Waals surface area contributed by atoms with E-state index < -0.39 is 0 Å². The molecule has 0 saturated heterocycles. The summed E-state index contributed by atoms with van der Waals surface area (Å²) in [6.07, 6.45) is 4.22. The van der Waals surface area contributed by atoms with Crippen molar-refractivity contribution in [2.45, 2.75) is 32.6 Å². The third kappa shape index (κ3) is 2.54. The first-order valence-corrected chi connectivity index (χ1v) is 6.75. The van der Waals surface area contributed by atoms with Crippen molar-refractivity contribution in [1.82, 2.24) is 0 Å². The monoisotopic (exact) mass is 280 g/mol. The second-order valence-corrected chi connectivity index (χ2v) is 5.58. The lowest BCUT2D eigenvalue weighted by Crippen LogP contribution is -2.28. The molecule has 1 nitrogen and oxygen atoms in total. The Morgan fingerprint density at radius 3 is 2.81 bits per heavy atom. The van der Waals surface area contributed by atoms with Gasteiger partial charge in [0.25, 0.3) is 0 Å². The molecular formula is C14H17BrO. The molecule has 1 fully saturated rings. The molecule has 0 bridgehead atoms. The molecule has 2 heteroatoms. The maximum absolute atomic E-state index is 12.0. The first-order chi connectivity index (χ1) is 7.68. The molecule has 1 aliphatic rings. The van der Waals surface area contributed by atoms with Crippen LogP contribution in [0.4, 0.5) is 0 Å². The summed E-state index contributed by atoms with van der Waals surface area (Å²) in [7, 11) is 0. The van der Waals surface area contributed by atoms with E-state index in [0.717, 1.165) is 23.7 Å². The van der Waals surface area contributed by atoms with Gasteiger partial charge in [-0.05, 0) is 30.9 Å². The molecule has 0 radical (unpaired) electrons. The van der Waals surface area contributed by atoms with E-state index in [9.17, 15) is 4.79 Å². The van der Waals surface area contributed by atoms with Gasteiger partial charge in [-0.1, -0.05) is 47.5 Å². The Balaban J connectivity index is 2.10. The molecule has 0 heterocycles. The predicted molar refractivity (Wildman–Crippen MR) is 69.4 cm³/mol. The summed E-state index contributed by atoms with van der Waals surface area (Å²) in [6.45, 7) is 2.06. The zero-order valence-corrected chi connectivity index (χ0v) is 11.2. The second kappa shape index (κ2) is 5.13. The number of carbonyl (C=O) groups excluding carboxylic acids is 1. The number of hydrogen-bond acceptors (Lipinski definition) is 1. The number of carbonyl (C=O) groups is 1. The molecule has 0 aromatic heterocycles. The third-order valence-electron chi connectivity index (χ3n) is 3.50. The molecular weight excluding hydrogens is 264 g/mol. The van der Waals surface area contributed by atoms with E-state index in [1.165, 1.54) is 12.0 Å². The molecule has 0 amide bonds. The fourth-order valence-electron chi connectivity index (χ4n) is 2.49. The number of hydrogen-bond donors (Lipinski definition) is 0. The number of ketones is 1. The number of rotatable bonds is 2. The van der Waals surface area contributed by atoms with E-state index in [1.54, 1.807) is 0 Å². The second-order valence-electron chi connectivity index (χ2n) is 4.73. The van der Waals surface area contributed by atoms with Gasteiger partial charge in [-0.15, -0.1) is 0 Å². The largest absolute Gasteiger partial charge is 0.299 e. The normalized spacial score (nSPS) is 25.8. The van der Waals surface area contributed by atoms with E-state index in [-0.39, 0.29) is 11.8 Å². The molecule has 1 aromatic carbocycles. The van der Waals surface area contributed by atoms with Gasteiger partial charge in [0, 0.05) is 16.3 Å². The van der Waals surface area contributed by atoms with Crippen molar-refractivity contribution in [2.75, 3.05) is 0 Å². The lowest BCUT2D eigenvalue weighted by Gasteiger charge is -2.25. The summed E-state index contributed by atoms with van der Waals surface area (Å²) < 4.78 is 1.13. The Hall–Kier alpha value is -0.630. The number of benzene rings is 1. The van der Waals surface area contributed by atoms with Crippen molar-refractivity contribution in [3.05, 3.63) is 34.3 Å². The standard InChI is InChI=1S/C14H17BrO/c1-10-5-4-7-12(14(10)16)9-11-6-2-3-8-13(11)15/h2-3,6,8,10,12H,4-5,7,9H2,1H3. The highest BCUT2D eigenvalue weighted by molar-refractivity contribution is 9.10. The van der Waals surface area contributed by atoms with Crippen LogP contribution in [0.3, 0.4) is 0 Å². The Morgan fingerprint density at radius 2 is 2.06 bits per heavy atom. The van der Waals surface area contributed by atoms with Gasteiger partial charge in [-0.2, -0.15) is 0 Å². The summed E-state index contributed by atoms with van der Waals surface area (Å²) >= 11 is 3.55. The molecule has 1 aromatic rings. The summed E-state index contributed by atoms with van der Waals surface area (Å²) in [4.78, 5) is 12.0. The Kier molecular flexibility index (Phi) is 3.80. The van der Waals surface area contributed by atoms with Crippen molar-refractivity contribution in [1.29, 1.82) is 0 Å². The average molecular weight is 281 g/mol. The Morgan fingerprint density at radius 1 is 1.31 bits per heavy atom. The average Bonchev–Trinajstić information content (AvgIpc) is 2.28. The minimum atomic E-state index is 0.238. The van der Waals surface area contributed by atoms with Crippen molar-refractivity contribution in [2.24, 2.45) is 11.8 Å². The SMILES string of the molecule is CC1CCCC(Cc2ccccc2Br)C1=O. The van der Waals surface area contributed by atoms with Gasteiger partial charge in [-0.25, -0.2) is 0 Å². The Bertz CT molecular complexity index is 386. The van der Waals surface area contributed by atoms with Gasteiger partial charge < -0.3 is 0 Å². The molecule has 1 aliphatic carbocycles. The first kappa shape index (κ1) is 11.8. The van der Waals surface area contributed by atoms with Crippen molar-refractivity contribution in [3.63, 3.8) is 0 Å². The van der Waals surface area contributed by atoms with E-state index in [2.05, 4.69) is 28.9 Å². The summed E-state index contributed by atoms with van der Waals surface area (Å²) in [5.74, 6) is 0.964. The molecule has 2 unspecified atom stereocenters. The smallest absolute Gasteiger partial charge is 0.139 e. The van der Waals surface area contributed by atoms with Crippen LogP contribution in [0, 0.1) is 11.8 Å². The van der Waals surface area contributed by atoms with Crippen LogP contribution in [-0.2, 0) is 11.2 Å². The molecule has 0 aliphatic heterocycles. The fourth-order valence-corrected chi connectivity index (χ4v) is 2.94. The lowest BCUT2D eigenvalue weighted by molar-refractivity contribution is -0.128. The van der Waals surface area contributed by atoms with Crippen molar-refractivity contribution in [3.8, 4) is 0 Å².